The van der Waals surface area contributed by atoms with Crippen LogP contribution in [-0.4, -0.2) is 57.9 Å². The van der Waals surface area contributed by atoms with E-state index in [0.717, 1.165) is 0 Å². The lowest BCUT2D eigenvalue weighted by molar-refractivity contribution is -0.145. The Bertz CT molecular complexity index is 385. The van der Waals surface area contributed by atoms with E-state index in [4.69, 9.17) is 26.8 Å². The molecule has 128 valence electrons. The maximum absolute atomic E-state index is 10.8. The zero-order valence-corrected chi connectivity index (χ0v) is 12.2. The molecule has 0 bridgehead atoms. The molecule has 0 aliphatic heterocycles. The SMILES string of the molecule is CCOC(=O)[C@@H](N)CCC(=O)O.N[C@@H](CCC(=O)O)C(=O)O. The van der Waals surface area contributed by atoms with E-state index in [9.17, 15) is 19.2 Å². The highest BCUT2D eigenvalue weighted by Gasteiger charge is 2.15. The molecule has 0 aromatic rings. The number of nitrogens with two attached hydrogens (primary N) is 2. The van der Waals surface area contributed by atoms with Crippen molar-refractivity contribution in [3.8, 4) is 0 Å². The molecule has 0 saturated carbocycles. The zero-order chi connectivity index (χ0) is 17.7. The lowest BCUT2D eigenvalue weighted by Gasteiger charge is -2.07. The number of hydrogen-bond donors (Lipinski definition) is 5. The standard InChI is InChI=1S/C7H13NO4.C5H9NO4/c1-2-12-7(11)5(8)3-4-6(9)10;6-3(5(9)10)1-2-4(7)8/h5H,2-4,8H2,1H3,(H,9,10);3H,1-2,6H2,(H,7,8)(H,9,10)/t5-;3-/m00/s1. The van der Waals surface area contributed by atoms with Crippen molar-refractivity contribution >= 4 is 23.9 Å². The van der Waals surface area contributed by atoms with Crippen molar-refractivity contribution in [3.63, 3.8) is 0 Å². The van der Waals surface area contributed by atoms with E-state index in [1.54, 1.807) is 6.92 Å². The van der Waals surface area contributed by atoms with Crippen LogP contribution in [0.4, 0.5) is 0 Å². The van der Waals surface area contributed by atoms with Crippen molar-refractivity contribution in [2.75, 3.05) is 6.61 Å². The smallest absolute Gasteiger partial charge is 0.322 e. The second-order valence-electron chi connectivity index (χ2n) is 4.17. The largest absolute Gasteiger partial charge is 0.481 e. The van der Waals surface area contributed by atoms with Gasteiger partial charge in [0, 0.05) is 12.8 Å². The fourth-order valence-electron chi connectivity index (χ4n) is 1.05. The Hall–Kier alpha value is -2.20. The molecule has 2 atom stereocenters. The summed E-state index contributed by atoms with van der Waals surface area (Å²) in [5.41, 5.74) is 10.3. The van der Waals surface area contributed by atoms with Crippen molar-refractivity contribution in [2.45, 2.75) is 44.7 Å². The fourth-order valence-corrected chi connectivity index (χ4v) is 1.05. The van der Waals surface area contributed by atoms with Crippen molar-refractivity contribution in [3.05, 3.63) is 0 Å². The topological polar surface area (TPSA) is 190 Å². The van der Waals surface area contributed by atoms with Crippen LogP contribution in [0.15, 0.2) is 0 Å². The predicted molar refractivity (Wildman–Crippen MR) is 74.0 cm³/mol. The Labute approximate surface area is 127 Å². The van der Waals surface area contributed by atoms with Gasteiger partial charge < -0.3 is 31.5 Å². The maximum atomic E-state index is 10.8. The van der Waals surface area contributed by atoms with Crippen molar-refractivity contribution in [1.29, 1.82) is 0 Å². The molecule has 0 saturated heterocycles. The number of carboxylic acids is 3. The van der Waals surface area contributed by atoms with Crippen LogP contribution in [0.3, 0.4) is 0 Å². The third kappa shape index (κ3) is 14.2. The first kappa shape index (κ1) is 22.1. The van der Waals surface area contributed by atoms with Gasteiger partial charge in [0.2, 0.25) is 0 Å². The molecular formula is C12H22N2O8. The van der Waals surface area contributed by atoms with Gasteiger partial charge in [-0.3, -0.25) is 19.2 Å². The summed E-state index contributed by atoms with van der Waals surface area (Å²) in [5, 5.41) is 24.5. The highest BCUT2D eigenvalue weighted by molar-refractivity contribution is 5.76. The van der Waals surface area contributed by atoms with E-state index in [2.05, 4.69) is 4.74 Å². The van der Waals surface area contributed by atoms with Gasteiger partial charge in [-0.05, 0) is 19.8 Å². The third-order valence-electron chi connectivity index (χ3n) is 2.24. The van der Waals surface area contributed by atoms with E-state index >= 15 is 0 Å². The van der Waals surface area contributed by atoms with Gasteiger partial charge in [0.15, 0.2) is 0 Å². The van der Waals surface area contributed by atoms with Crippen LogP contribution in [0, 0.1) is 0 Å². The number of carbonyl (C=O) groups is 4. The van der Waals surface area contributed by atoms with Crippen LogP contribution >= 0.6 is 0 Å². The lowest BCUT2D eigenvalue weighted by atomic mass is 10.2. The van der Waals surface area contributed by atoms with Gasteiger partial charge in [0.1, 0.15) is 12.1 Å². The van der Waals surface area contributed by atoms with Crippen LogP contribution in [0.2, 0.25) is 0 Å². The predicted octanol–water partition coefficient (Wildman–Crippen LogP) is -0.995. The van der Waals surface area contributed by atoms with Gasteiger partial charge in [-0.2, -0.15) is 0 Å². The molecule has 0 rings (SSSR count). The molecular weight excluding hydrogens is 300 g/mol. The van der Waals surface area contributed by atoms with E-state index in [1.165, 1.54) is 0 Å². The Morgan fingerprint density at radius 3 is 1.64 bits per heavy atom. The zero-order valence-electron chi connectivity index (χ0n) is 12.2. The minimum absolute atomic E-state index is 0.0231. The molecule has 0 unspecified atom stereocenters. The quantitative estimate of drug-likeness (QED) is 0.329. The summed E-state index contributed by atoms with van der Waals surface area (Å²) < 4.78 is 4.58. The van der Waals surface area contributed by atoms with Crippen molar-refractivity contribution in [1.82, 2.24) is 0 Å². The second-order valence-corrected chi connectivity index (χ2v) is 4.17. The van der Waals surface area contributed by atoms with Crippen LogP contribution in [0.1, 0.15) is 32.6 Å². The molecule has 22 heavy (non-hydrogen) atoms. The lowest BCUT2D eigenvalue weighted by Crippen LogP contribution is -2.32. The Balaban J connectivity index is 0. The first-order valence-electron chi connectivity index (χ1n) is 6.45. The summed E-state index contributed by atoms with van der Waals surface area (Å²) in [6.45, 7) is 1.93. The fraction of sp³-hybridized carbons (Fsp3) is 0.667. The molecule has 0 radical (unpaired) electrons. The molecule has 0 fully saturated rings. The molecule has 0 aliphatic carbocycles. The molecule has 0 aromatic heterocycles. The van der Waals surface area contributed by atoms with E-state index in [0.29, 0.717) is 0 Å². The molecule has 0 spiro atoms. The Morgan fingerprint density at radius 2 is 1.32 bits per heavy atom. The normalized spacial score (nSPS) is 12.3. The number of ether oxygens (including phenoxy) is 1. The first-order chi connectivity index (χ1) is 10.1. The molecule has 10 heteroatoms. The van der Waals surface area contributed by atoms with Crippen LogP contribution in [-0.2, 0) is 23.9 Å². The Morgan fingerprint density at radius 1 is 0.909 bits per heavy atom. The monoisotopic (exact) mass is 322 g/mol. The third-order valence-corrected chi connectivity index (χ3v) is 2.24. The van der Waals surface area contributed by atoms with Gasteiger partial charge in [-0.15, -0.1) is 0 Å². The summed E-state index contributed by atoms with van der Waals surface area (Å²) >= 11 is 0. The number of esters is 1. The molecule has 7 N–H and O–H groups in total. The van der Waals surface area contributed by atoms with Crippen LogP contribution < -0.4 is 11.5 Å². The number of aliphatic carboxylic acids is 3. The van der Waals surface area contributed by atoms with E-state index in [-0.39, 0.29) is 32.3 Å². The van der Waals surface area contributed by atoms with Gasteiger partial charge in [-0.1, -0.05) is 0 Å². The van der Waals surface area contributed by atoms with Crippen LogP contribution in [0.5, 0.6) is 0 Å². The van der Waals surface area contributed by atoms with E-state index in [1.807, 2.05) is 0 Å². The molecule has 0 aliphatic rings. The summed E-state index contributed by atoms with van der Waals surface area (Å²) in [6, 6.07) is -1.88. The summed E-state index contributed by atoms with van der Waals surface area (Å²) in [6.07, 6.45) is -0.216. The van der Waals surface area contributed by atoms with Crippen LogP contribution in [0.25, 0.3) is 0 Å². The maximum Gasteiger partial charge on any atom is 0.322 e. The molecule has 0 amide bonds. The van der Waals surface area contributed by atoms with Gasteiger partial charge in [-0.25, -0.2) is 0 Å². The number of carboxylic acid groups (broad SMARTS) is 3. The number of carbonyl (C=O) groups excluding carboxylic acids is 1. The molecule has 0 aromatic carbocycles. The van der Waals surface area contributed by atoms with Gasteiger partial charge >= 0.3 is 23.9 Å². The second kappa shape index (κ2) is 12.5. The minimum atomic E-state index is -1.17. The van der Waals surface area contributed by atoms with E-state index < -0.39 is 36.0 Å². The summed E-state index contributed by atoms with van der Waals surface area (Å²) in [7, 11) is 0. The average molecular weight is 322 g/mol. The van der Waals surface area contributed by atoms with Gasteiger partial charge in [0.25, 0.3) is 0 Å². The number of rotatable bonds is 9. The van der Waals surface area contributed by atoms with Gasteiger partial charge in [0.05, 0.1) is 6.61 Å². The first-order valence-corrected chi connectivity index (χ1v) is 6.45. The van der Waals surface area contributed by atoms with Crippen molar-refractivity contribution < 1.29 is 39.2 Å². The highest BCUT2D eigenvalue weighted by atomic mass is 16.5. The van der Waals surface area contributed by atoms with Crippen molar-refractivity contribution in [2.24, 2.45) is 11.5 Å². The molecule has 0 heterocycles. The average Bonchev–Trinajstić information content (AvgIpc) is 2.42. The minimum Gasteiger partial charge on any atom is -0.481 e. The highest BCUT2D eigenvalue weighted by Crippen LogP contribution is 1.96. The Kier molecular flexibility index (Phi) is 12.6. The molecule has 10 nitrogen and oxygen atoms in total. The number of hydrogen-bond acceptors (Lipinski definition) is 7. The summed E-state index contributed by atoms with van der Waals surface area (Å²) in [5.74, 6) is -3.70. The summed E-state index contributed by atoms with van der Waals surface area (Å²) in [4.78, 5) is 40.8.